The number of carbonyl (C=O) groups is 2. The van der Waals surface area contributed by atoms with Gasteiger partial charge < -0.3 is 19.2 Å². The number of aliphatic hydroxyl groups is 1. The van der Waals surface area contributed by atoms with Gasteiger partial charge in [0, 0.05) is 5.54 Å². The molecular weight excluding hydrogens is 394 g/mol. The smallest absolute Gasteiger partial charge is 0.338 e. The lowest BCUT2D eigenvalue weighted by Gasteiger charge is -2.60. The summed E-state index contributed by atoms with van der Waals surface area (Å²) in [5.41, 5.74) is 0.949. The van der Waals surface area contributed by atoms with E-state index >= 15 is 0 Å². The first kappa shape index (κ1) is 20.3. The Balaban J connectivity index is 1.32. The lowest BCUT2D eigenvalue weighted by molar-refractivity contribution is -0.156. The zero-order valence-electron chi connectivity index (χ0n) is 17.7. The second kappa shape index (κ2) is 8.15. The van der Waals surface area contributed by atoms with Crippen molar-refractivity contribution >= 4 is 11.9 Å². The van der Waals surface area contributed by atoms with Crippen molar-refractivity contribution < 1.29 is 23.8 Å². The Hall–Kier alpha value is -2.60. The Morgan fingerprint density at radius 2 is 1.68 bits per heavy atom. The third kappa shape index (κ3) is 4.01. The highest BCUT2D eigenvalue weighted by atomic mass is 16.5. The van der Waals surface area contributed by atoms with Gasteiger partial charge in [-0.05, 0) is 86.1 Å². The van der Waals surface area contributed by atoms with Gasteiger partial charge in [0.25, 0.3) is 5.91 Å². The second-order valence-electron chi connectivity index (χ2n) is 9.63. The van der Waals surface area contributed by atoms with Crippen LogP contribution in [-0.2, 0) is 22.7 Å². The molecule has 1 aromatic carbocycles. The van der Waals surface area contributed by atoms with E-state index < -0.39 is 5.97 Å². The number of nitrogens with zero attached hydrogens (tertiary/aromatic N) is 1. The number of benzene rings is 1. The van der Waals surface area contributed by atoms with Crippen LogP contribution in [0.3, 0.4) is 0 Å². The van der Waals surface area contributed by atoms with E-state index in [2.05, 4.69) is 0 Å². The highest BCUT2D eigenvalue weighted by Crippen LogP contribution is 2.58. The average Bonchev–Trinajstić information content (AvgIpc) is 3.28. The Morgan fingerprint density at radius 1 is 1.03 bits per heavy atom. The van der Waals surface area contributed by atoms with Crippen LogP contribution >= 0.6 is 0 Å². The van der Waals surface area contributed by atoms with Gasteiger partial charge in [0.15, 0.2) is 6.61 Å². The Labute approximate surface area is 182 Å². The molecule has 0 unspecified atom stereocenters. The molecule has 1 N–H and O–H groups in total. The fraction of sp³-hybridized carbons (Fsp3) is 0.520. The zero-order chi connectivity index (χ0) is 21.4. The van der Waals surface area contributed by atoms with Gasteiger partial charge in [0.2, 0.25) is 0 Å². The highest BCUT2D eigenvalue weighted by Gasteiger charge is 2.54. The lowest BCUT2D eigenvalue weighted by Crippen LogP contribution is -2.61. The molecule has 0 saturated heterocycles. The monoisotopic (exact) mass is 423 g/mol. The third-order valence-electron chi connectivity index (χ3n) is 7.47. The Kier molecular flexibility index (Phi) is 5.34. The van der Waals surface area contributed by atoms with Gasteiger partial charge in [0.1, 0.15) is 5.76 Å². The maximum atomic E-state index is 13.4. The molecule has 0 spiro atoms. The van der Waals surface area contributed by atoms with E-state index in [0.717, 1.165) is 30.6 Å². The number of hydrogen-bond donors (Lipinski definition) is 1. The maximum absolute atomic E-state index is 13.4. The van der Waals surface area contributed by atoms with Gasteiger partial charge in [0.05, 0.1) is 25.0 Å². The van der Waals surface area contributed by atoms with Crippen LogP contribution in [0.1, 0.15) is 60.2 Å². The van der Waals surface area contributed by atoms with E-state index in [9.17, 15) is 9.59 Å². The van der Waals surface area contributed by atoms with E-state index in [-0.39, 0.29) is 24.7 Å². The number of hydrogen-bond acceptors (Lipinski definition) is 5. The molecule has 1 heterocycles. The number of amides is 1. The minimum Gasteiger partial charge on any atom is -0.467 e. The molecule has 0 radical (unpaired) electrons. The summed E-state index contributed by atoms with van der Waals surface area (Å²) in [5, 5.41) is 9.15. The summed E-state index contributed by atoms with van der Waals surface area (Å²) >= 11 is 0. The molecule has 4 saturated carbocycles. The van der Waals surface area contributed by atoms with Crippen LogP contribution in [0.25, 0.3) is 0 Å². The fourth-order valence-corrected chi connectivity index (χ4v) is 6.51. The van der Waals surface area contributed by atoms with Crippen molar-refractivity contribution in [3.8, 4) is 0 Å². The quantitative estimate of drug-likeness (QED) is 0.683. The van der Waals surface area contributed by atoms with E-state index in [0.29, 0.717) is 29.9 Å². The Bertz CT molecular complexity index is 898. The molecule has 4 aliphatic rings. The first-order valence-electron chi connectivity index (χ1n) is 11.2. The maximum Gasteiger partial charge on any atom is 0.338 e. The van der Waals surface area contributed by atoms with Gasteiger partial charge in [-0.2, -0.15) is 0 Å². The lowest BCUT2D eigenvalue weighted by atomic mass is 9.52. The van der Waals surface area contributed by atoms with Crippen molar-refractivity contribution in [1.29, 1.82) is 0 Å². The molecule has 4 fully saturated rings. The number of aliphatic hydroxyl groups excluding tert-OH is 1. The van der Waals surface area contributed by atoms with E-state index in [1.807, 2.05) is 17.0 Å². The molecule has 1 aromatic heterocycles. The van der Waals surface area contributed by atoms with Crippen molar-refractivity contribution in [3.05, 3.63) is 59.5 Å². The number of ether oxygens (including phenoxy) is 1. The number of carbonyl (C=O) groups excluding carboxylic acids is 2. The van der Waals surface area contributed by atoms with Gasteiger partial charge in [-0.25, -0.2) is 4.79 Å². The molecule has 4 aliphatic carbocycles. The van der Waals surface area contributed by atoms with Crippen LogP contribution < -0.4 is 0 Å². The van der Waals surface area contributed by atoms with Crippen LogP contribution in [0.15, 0.2) is 47.1 Å². The SMILES string of the molecule is O=C(OCC(=O)N(Cc1ccco1)C12CC3CC(CC(C3)C1)C2)c1ccc(CO)cc1. The molecule has 6 rings (SSSR count). The van der Waals surface area contributed by atoms with Crippen molar-refractivity contribution in [2.24, 2.45) is 17.8 Å². The van der Waals surface area contributed by atoms with Gasteiger partial charge in [-0.15, -0.1) is 0 Å². The largest absolute Gasteiger partial charge is 0.467 e. The summed E-state index contributed by atoms with van der Waals surface area (Å²) in [6, 6.07) is 10.3. The third-order valence-corrected chi connectivity index (χ3v) is 7.47. The molecular formula is C25H29NO5. The first-order valence-corrected chi connectivity index (χ1v) is 11.2. The normalized spacial score (nSPS) is 28.5. The highest BCUT2D eigenvalue weighted by molar-refractivity contribution is 5.91. The summed E-state index contributed by atoms with van der Waals surface area (Å²) in [6.07, 6.45) is 8.64. The van der Waals surface area contributed by atoms with Crippen LogP contribution in [0.2, 0.25) is 0 Å². The van der Waals surface area contributed by atoms with Crippen molar-refractivity contribution in [2.75, 3.05) is 6.61 Å². The number of furan rings is 1. The van der Waals surface area contributed by atoms with E-state index in [1.165, 1.54) is 19.3 Å². The fourth-order valence-electron chi connectivity index (χ4n) is 6.51. The molecule has 6 nitrogen and oxygen atoms in total. The standard InChI is InChI=1S/C25H29NO5/c27-15-17-3-5-21(6-4-17)24(29)31-16-23(28)26(14-22-2-1-7-30-22)25-11-18-8-19(12-25)10-20(9-18)13-25/h1-7,18-20,27H,8-16H2. The summed E-state index contributed by atoms with van der Waals surface area (Å²) in [4.78, 5) is 27.8. The second-order valence-corrected chi connectivity index (χ2v) is 9.63. The summed E-state index contributed by atoms with van der Waals surface area (Å²) in [7, 11) is 0. The Morgan fingerprint density at radius 3 is 2.23 bits per heavy atom. The van der Waals surface area contributed by atoms with Gasteiger partial charge in [-0.3, -0.25) is 4.79 Å². The predicted octanol–water partition coefficient (Wildman–Crippen LogP) is 3.93. The van der Waals surface area contributed by atoms with Crippen LogP contribution in [0.5, 0.6) is 0 Å². The molecule has 164 valence electrons. The minimum absolute atomic E-state index is 0.0827. The van der Waals surface area contributed by atoms with E-state index in [4.69, 9.17) is 14.3 Å². The minimum atomic E-state index is -0.527. The average molecular weight is 424 g/mol. The predicted molar refractivity (Wildman–Crippen MR) is 113 cm³/mol. The van der Waals surface area contributed by atoms with E-state index in [1.54, 1.807) is 30.5 Å². The van der Waals surface area contributed by atoms with Crippen molar-refractivity contribution in [3.63, 3.8) is 0 Å². The number of rotatable bonds is 7. The van der Waals surface area contributed by atoms with Crippen LogP contribution in [0.4, 0.5) is 0 Å². The van der Waals surface area contributed by atoms with Crippen LogP contribution in [-0.4, -0.2) is 34.0 Å². The summed E-state index contributed by atoms with van der Waals surface area (Å²) in [5.74, 6) is 2.18. The molecule has 6 heteroatoms. The molecule has 1 amide bonds. The summed E-state index contributed by atoms with van der Waals surface area (Å²) in [6.45, 7) is 0.0599. The molecule has 31 heavy (non-hydrogen) atoms. The molecule has 4 bridgehead atoms. The molecule has 0 atom stereocenters. The van der Waals surface area contributed by atoms with Gasteiger partial charge in [-0.1, -0.05) is 12.1 Å². The summed E-state index contributed by atoms with van der Waals surface area (Å²) < 4.78 is 11.0. The van der Waals surface area contributed by atoms with Crippen LogP contribution in [0, 0.1) is 17.8 Å². The molecule has 2 aromatic rings. The molecule has 0 aliphatic heterocycles. The van der Waals surface area contributed by atoms with Gasteiger partial charge >= 0.3 is 5.97 Å². The zero-order valence-corrected chi connectivity index (χ0v) is 17.7. The topological polar surface area (TPSA) is 80.0 Å². The number of esters is 1. The van der Waals surface area contributed by atoms with Crippen molar-refractivity contribution in [2.45, 2.75) is 57.2 Å². The first-order chi connectivity index (χ1) is 15.0. The van der Waals surface area contributed by atoms with Crippen molar-refractivity contribution in [1.82, 2.24) is 4.90 Å².